The number of ether oxygens (including phenoxy) is 2. The summed E-state index contributed by atoms with van der Waals surface area (Å²) in [4.78, 5) is 27.4. The van der Waals surface area contributed by atoms with Crippen molar-refractivity contribution < 1.29 is 44.3 Å². The molecule has 0 aliphatic carbocycles. The van der Waals surface area contributed by atoms with Gasteiger partial charge < -0.3 is 45.0 Å². The van der Waals surface area contributed by atoms with Gasteiger partial charge in [-0.2, -0.15) is 15.1 Å². The third-order valence-corrected chi connectivity index (χ3v) is 7.77. The molecule has 0 amide bonds. The van der Waals surface area contributed by atoms with Crippen LogP contribution in [0.15, 0.2) is 30.5 Å². The summed E-state index contributed by atoms with van der Waals surface area (Å²) in [6.45, 7) is -0.634. The average molecular weight is 560 g/mol. The first-order valence-corrected chi connectivity index (χ1v) is 13.1. The fourth-order valence-electron chi connectivity index (χ4n) is 3.83. The minimum Gasteiger partial charge on any atom is -0.393 e. The topological polar surface area (TPSA) is 213 Å². The van der Waals surface area contributed by atoms with E-state index in [2.05, 4.69) is 20.4 Å². The highest BCUT2D eigenvalue weighted by Crippen LogP contribution is 2.51. The maximum Gasteiger partial charge on any atom is 0.361 e. The Hall–Kier alpha value is -2.23. The summed E-state index contributed by atoms with van der Waals surface area (Å²) < 4.78 is 23.7. The van der Waals surface area contributed by atoms with E-state index in [1.165, 1.54) is 10.9 Å². The van der Waals surface area contributed by atoms with Gasteiger partial charge in [-0.05, 0) is 24.1 Å². The van der Waals surface area contributed by atoms with Crippen LogP contribution < -0.4 is 5.32 Å². The molecular weight excluding hydrogens is 533 g/mol. The fraction of sp³-hybridized carbons (Fsp3) is 0.476. The first-order valence-electron chi connectivity index (χ1n) is 11.1. The number of hydrogen-bond acceptors (Lipinski definition) is 11. The summed E-state index contributed by atoms with van der Waals surface area (Å²) in [5.41, 5.74) is 2.32. The van der Waals surface area contributed by atoms with E-state index in [0.717, 1.165) is 11.1 Å². The Morgan fingerprint density at radius 3 is 2.46 bits per heavy atom. The van der Waals surface area contributed by atoms with Crippen LogP contribution in [-0.2, 0) is 20.6 Å². The van der Waals surface area contributed by atoms with E-state index in [9.17, 15) is 34.8 Å². The highest BCUT2D eigenvalue weighted by atomic mass is 35.5. The van der Waals surface area contributed by atoms with Crippen LogP contribution in [0.5, 0.6) is 0 Å². The quantitative estimate of drug-likeness (QED) is 0.128. The van der Waals surface area contributed by atoms with Crippen LogP contribution in [0.3, 0.4) is 0 Å². The molecule has 0 spiro atoms. The minimum atomic E-state index is -5.12. The molecule has 0 saturated carbocycles. The third-order valence-electron chi connectivity index (χ3n) is 6.13. The molecule has 4 rings (SSSR count). The number of anilines is 1. The molecule has 0 radical (unpaired) electrons. The van der Waals surface area contributed by atoms with E-state index in [0.29, 0.717) is 17.7 Å². The highest BCUT2D eigenvalue weighted by molar-refractivity contribution is 7.53. The monoisotopic (exact) mass is 559 g/mol. The Balaban J connectivity index is 1.55. The van der Waals surface area contributed by atoms with Crippen molar-refractivity contribution in [2.45, 2.75) is 43.4 Å². The molecule has 1 fully saturated rings. The van der Waals surface area contributed by atoms with Crippen LogP contribution in [0.4, 0.5) is 5.82 Å². The molecule has 202 valence electrons. The standard InChI is InChI=1S/C21H27ClN5O9P/c1-11-2-4-12(5-3-11)6-23-17-13-7-24-27(18(13)26-20(22)25-17)19-16(31)15(30)14(36-19)8-35-21(9-28,10-29)37(32,33)34/h2-5,7,14-16,19,28-31H,6,8-10H2,1H3,(H,23,25,26)(H2,32,33,34)/t14-,15-,16-,19+/m1/s1. The fourth-order valence-corrected chi connectivity index (χ4v) is 4.60. The molecular formula is C21H27ClN5O9P. The molecule has 16 heteroatoms. The van der Waals surface area contributed by atoms with Crippen LogP contribution in [0.1, 0.15) is 17.4 Å². The molecule has 3 heterocycles. The van der Waals surface area contributed by atoms with Gasteiger partial charge in [0.2, 0.25) is 10.6 Å². The Morgan fingerprint density at radius 2 is 1.84 bits per heavy atom. The number of hydrogen-bond donors (Lipinski definition) is 7. The SMILES string of the molecule is Cc1ccc(CNc2nc(Cl)nc3c2cnn3[C@H]2O[C@H](COC(CO)(CO)P(=O)(O)O)[C@@H](O)[C@H]2O)cc1. The molecule has 0 unspecified atom stereocenters. The van der Waals surface area contributed by atoms with Crippen molar-refractivity contribution in [1.82, 2.24) is 19.7 Å². The summed E-state index contributed by atoms with van der Waals surface area (Å²) in [5, 5.41) is 45.1. The van der Waals surface area contributed by atoms with Crippen molar-refractivity contribution in [2.75, 3.05) is 25.1 Å². The summed E-state index contributed by atoms with van der Waals surface area (Å²) >= 11 is 6.13. The number of benzene rings is 1. The minimum absolute atomic E-state index is 0.106. The molecule has 4 atom stereocenters. The summed E-state index contributed by atoms with van der Waals surface area (Å²) in [5.74, 6) is 0.382. The van der Waals surface area contributed by atoms with Gasteiger partial charge in [0, 0.05) is 6.54 Å². The van der Waals surface area contributed by atoms with Crippen LogP contribution in [-0.4, -0.2) is 93.4 Å². The molecule has 1 saturated heterocycles. The number of nitrogens with zero attached hydrogens (tertiary/aromatic N) is 4. The highest BCUT2D eigenvalue weighted by Gasteiger charge is 2.51. The van der Waals surface area contributed by atoms with Crippen LogP contribution in [0, 0.1) is 6.92 Å². The number of aryl methyl sites for hydroxylation is 1. The number of aliphatic hydroxyl groups excluding tert-OH is 4. The van der Waals surface area contributed by atoms with E-state index >= 15 is 0 Å². The number of aromatic nitrogens is 4. The van der Waals surface area contributed by atoms with E-state index in [-0.39, 0.29) is 10.9 Å². The van der Waals surface area contributed by atoms with Gasteiger partial charge in [-0.1, -0.05) is 29.8 Å². The lowest BCUT2D eigenvalue weighted by atomic mass is 10.1. The molecule has 14 nitrogen and oxygen atoms in total. The summed E-state index contributed by atoms with van der Waals surface area (Å²) in [6, 6.07) is 7.89. The van der Waals surface area contributed by atoms with E-state index in [1.54, 1.807) is 0 Å². The van der Waals surface area contributed by atoms with Gasteiger partial charge in [-0.3, -0.25) is 4.57 Å². The van der Waals surface area contributed by atoms with Crippen molar-refractivity contribution >= 4 is 36.0 Å². The molecule has 37 heavy (non-hydrogen) atoms. The second kappa shape index (κ2) is 10.9. The molecule has 0 bridgehead atoms. The third kappa shape index (κ3) is 5.49. The number of fused-ring (bicyclic) bond motifs is 1. The van der Waals surface area contributed by atoms with Gasteiger partial charge in [0.15, 0.2) is 11.9 Å². The molecule has 1 aliphatic rings. The maximum absolute atomic E-state index is 11.7. The average Bonchev–Trinajstić information content (AvgIpc) is 3.39. The molecule has 2 aromatic heterocycles. The van der Waals surface area contributed by atoms with E-state index in [1.807, 2.05) is 31.2 Å². The molecule has 1 aliphatic heterocycles. The van der Waals surface area contributed by atoms with Crippen molar-refractivity contribution in [1.29, 1.82) is 0 Å². The zero-order valence-electron chi connectivity index (χ0n) is 19.5. The Kier molecular flexibility index (Phi) is 8.16. The first-order chi connectivity index (χ1) is 17.5. The lowest BCUT2D eigenvalue weighted by Gasteiger charge is -2.31. The number of halogens is 1. The molecule has 1 aromatic carbocycles. The smallest absolute Gasteiger partial charge is 0.361 e. The van der Waals surface area contributed by atoms with Crippen LogP contribution in [0.25, 0.3) is 11.0 Å². The van der Waals surface area contributed by atoms with Crippen molar-refractivity contribution in [3.8, 4) is 0 Å². The number of aliphatic hydroxyl groups is 4. The van der Waals surface area contributed by atoms with Crippen molar-refractivity contribution in [3.05, 3.63) is 46.9 Å². The number of nitrogens with one attached hydrogen (secondary N) is 1. The lowest BCUT2D eigenvalue weighted by molar-refractivity contribution is -0.121. The van der Waals surface area contributed by atoms with Gasteiger partial charge in [0.1, 0.15) is 24.1 Å². The van der Waals surface area contributed by atoms with Gasteiger partial charge >= 0.3 is 7.60 Å². The number of rotatable bonds is 10. The summed E-state index contributed by atoms with van der Waals surface area (Å²) in [6.07, 6.45) is -4.23. The van der Waals surface area contributed by atoms with Gasteiger partial charge in [0.05, 0.1) is 31.4 Å². The Labute approximate surface area is 215 Å². The van der Waals surface area contributed by atoms with Gasteiger partial charge in [-0.25, -0.2) is 4.68 Å². The maximum atomic E-state index is 11.7. The predicted molar refractivity (Wildman–Crippen MR) is 130 cm³/mol. The zero-order valence-corrected chi connectivity index (χ0v) is 21.2. The first kappa shape index (κ1) is 27.8. The van der Waals surface area contributed by atoms with E-state index in [4.69, 9.17) is 21.1 Å². The van der Waals surface area contributed by atoms with Crippen LogP contribution in [0.2, 0.25) is 5.28 Å². The van der Waals surface area contributed by atoms with Gasteiger partial charge in [0.25, 0.3) is 0 Å². The predicted octanol–water partition coefficient (Wildman–Crippen LogP) is -0.105. The van der Waals surface area contributed by atoms with Crippen molar-refractivity contribution in [2.24, 2.45) is 0 Å². The summed E-state index contributed by atoms with van der Waals surface area (Å²) in [7, 11) is -5.12. The lowest BCUT2D eigenvalue weighted by Crippen LogP contribution is -2.44. The largest absolute Gasteiger partial charge is 0.393 e. The molecule has 3 aromatic rings. The Bertz CT molecular complexity index is 1280. The van der Waals surface area contributed by atoms with Crippen LogP contribution >= 0.6 is 19.2 Å². The zero-order chi connectivity index (χ0) is 27.0. The normalized spacial score (nSPS) is 22.6. The molecule has 7 N–H and O–H groups in total. The van der Waals surface area contributed by atoms with E-state index < -0.39 is 57.3 Å². The Morgan fingerprint density at radius 1 is 1.16 bits per heavy atom. The second-order valence-corrected chi connectivity index (χ2v) is 10.9. The second-order valence-electron chi connectivity index (χ2n) is 8.67. The van der Waals surface area contributed by atoms with Crippen molar-refractivity contribution in [3.63, 3.8) is 0 Å². The van der Waals surface area contributed by atoms with Gasteiger partial charge in [-0.15, -0.1) is 0 Å².